The molecule has 2 N–H and O–H groups in total. The number of nitrogens with zero attached hydrogens (tertiary/aromatic N) is 2. The molecule has 82 valence electrons. The van der Waals surface area contributed by atoms with Gasteiger partial charge in [0.25, 0.3) is 5.56 Å². The number of anilines is 1. The number of aromatic nitrogens is 2. The lowest BCUT2D eigenvalue weighted by molar-refractivity contribution is 0.0302. The van der Waals surface area contributed by atoms with E-state index < -0.39 is 5.60 Å². The van der Waals surface area contributed by atoms with E-state index in [-0.39, 0.29) is 11.3 Å². The van der Waals surface area contributed by atoms with Crippen LogP contribution in [0.4, 0.5) is 5.82 Å². The maximum absolute atomic E-state index is 11.4. The largest absolute Gasteiger partial charge is 0.489 e. The van der Waals surface area contributed by atoms with E-state index in [4.69, 9.17) is 4.74 Å². The van der Waals surface area contributed by atoms with Gasteiger partial charge in [0, 0.05) is 13.1 Å². The first kappa shape index (κ1) is 9.97. The van der Waals surface area contributed by atoms with Gasteiger partial charge in [0.2, 0.25) is 5.75 Å². The average Bonchev–Trinajstić information content (AvgIpc) is 2.13. The predicted octanol–water partition coefficient (Wildman–Crippen LogP) is -0.651. The predicted molar refractivity (Wildman–Crippen MR) is 54.2 cm³/mol. The maximum Gasteiger partial charge on any atom is 0.295 e. The smallest absolute Gasteiger partial charge is 0.295 e. The maximum atomic E-state index is 11.4. The Hall–Kier alpha value is -1.56. The van der Waals surface area contributed by atoms with Crippen molar-refractivity contribution in [1.82, 2.24) is 9.97 Å². The highest BCUT2D eigenvalue weighted by molar-refractivity contribution is 5.53. The molecule has 0 saturated carbocycles. The van der Waals surface area contributed by atoms with E-state index in [0.29, 0.717) is 18.9 Å². The van der Waals surface area contributed by atoms with Crippen LogP contribution in [0.2, 0.25) is 0 Å². The zero-order valence-electron chi connectivity index (χ0n) is 8.65. The SMILES string of the molecule is COc1c(N2CC(C)(O)C2)nc[nH]c1=O. The lowest BCUT2D eigenvalue weighted by Gasteiger charge is -2.44. The minimum atomic E-state index is -0.699. The van der Waals surface area contributed by atoms with Gasteiger partial charge in [-0.05, 0) is 6.92 Å². The minimum absolute atomic E-state index is 0.188. The van der Waals surface area contributed by atoms with Crippen molar-refractivity contribution in [2.45, 2.75) is 12.5 Å². The van der Waals surface area contributed by atoms with Gasteiger partial charge in [0.1, 0.15) is 0 Å². The van der Waals surface area contributed by atoms with Crippen LogP contribution < -0.4 is 15.2 Å². The van der Waals surface area contributed by atoms with E-state index in [2.05, 4.69) is 9.97 Å². The summed E-state index contributed by atoms with van der Waals surface area (Å²) < 4.78 is 4.97. The van der Waals surface area contributed by atoms with Gasteiger partial charge in [-0.2, -0.15) is 0 Å². The molecule has 0 amide bonds. The Balaban J connectivity index is 2.30. The Labute approximate surface area is 86.5 Å². The molecule has 2 heterocycles. The molecule has 0 radical (unpaired) electrons. The Morgan fingerprint density at radius 1 is 1.67 bits per heavy atom. The van der Waals surface area contributed by atoms with Crippen LogP contribution in [-0.2, 0) is 0 Å². The molecule has 0 aromatic carbocycles. The van der Waals surface area contributed by atoms with E-state index >= 15 is 0 Å². The molecule has 1 aromatic rings. The lowest BCUT2D eigenvalue weighted by atomic mass is 9.97. The Morgan fingerprint density at radius 2 is 2.33 bits per heavy atom. The van der Waals surface area contributed by atoms with Crippen molar-refractivity contribution in [2.75, 3.05) is 25.1 Å². The van der Waals surface area contributed by atoms with Gasteiger partial charge in [0.05, 0.1) is 19.0 Å². The molecule has 0 bridgehead atoms. The molecule has 1 aliphatic heterocycles. The van der Waals surface area contributed by atoms with Crippen molar-refractivity contribution in [3.8, 4) is 5.75 Å². The Morgan fingerprint density at radius 3 is 2.87 bits per heavy atom. The second-order valence-corrected chi connectivity index (χ2v) is 3.94. The number of methoxy groups -OCH3 is 1. The summed E-state index contributed by atoms with van der Waals surface area (Å²) >= 11 is 0. The van der Waals surface area contributed by atoms with Crippen molar-refractivity contribution < 1.29 is 9.84 Å². The van der Waals surface area contributed by atoms with E-state index in [0.717, 1.165) is 0 Å². The van der Waals surface area contributed by atoms with Crippen LogP contribution in [0.15, 0.2) is 11.1 Å². The molecule has 0 atom stereocenters. The highest BCUT2D eigenvalue weighted by Gasteiger charge is 2.38. The molecule has 1 fully saturated rings. The fourth-order valence-electron chi connectivity index (χ4n) is 1.71. The van der Waals surface area contributed by atoms with Gasteiger partial charge < -0.3 is 19.7 Å². The number of aliphatic hydroxyl groups is 1. The van der Waals surface area contributed by atoms with E-state index in [1.165, 1.54) is 13.4 Å². The highest BCUT2D eigenvalue weighted by atomic mass is 16.5. The second-order valence-electron chi connectivity index (χ2n) is 3.94. The number of β-amino-alcohol motifs (C(OH)–C–C–N with tert-alkyl or cyclic N) is 1. The average molecular weight is 211 g/mol. The van der Waals surface area contributed by atoms with Gasteiger partial charge >= 0.3 is 0 Å². The molecule has 0 aliphatic carbocycles. The summed E-state index contributed by atoms with van der Waals surface area (Å²) in [6.45, 7) is 2.66. The first-order valence-electron chi connectivity index (χ1n) is 4.62. The normalized spacial score (nSPS) is 18.5. The van der Waals surface area contributed by atoms with E-state index in [1.807, 2.05) is 0 Å². The first-order chi connectivity index (χ1) is 7.03. The fourth-order valence-corrected chi connectivity index (χ4v) is 1.71. The Bertz CT molecular complexity index is 419. The van der Waals surface area contributed by atoms with Gasteiger partial charge in [-0.1, -0.05) is 0 Å². The van der Waals surface area contributed by atoms with Crippen molar-refractivity contribution in [3.63, 3.8) is 0 Å². The second kappa shape index (κ2) is 3.23. The van der Waals surface area contributed by atoms with E-state index in [9.17, 15) is 9.90 Å². The molecule has 0 spiro atoms. The summed E-state index contributed by atoms with van der Waals surface area (Å²) in [7, 11) is 1.42. The molecule has 1 saturated heterocycles. The summed E-state index contributed by atoms with van der Waals surface area (Å²) in [6.07, 6.45) is 1.33. The third kappa shape index (κ3) is 1.68. The topological polar surface area (TPSA) is 78.5 Å². The van der Waals surface area contributed by atoms with Crippen LogP contribution in [0.25, 0.3) is 0 Å². The molecule has 2 rings (SSSR count). The van der Waals surface area contributed by atoms with Gasteiger partial charge in [-0.15, -0.1) is 0 Å². The first-order valence-corrected chi connectivity index (χ1v) is 4.62. The molecule has 1 aliphatic rings. The number of H-pyrrole nitrogens is 1. The van der Waals surface area contributed by atoms with Crippen LogP contribution >= 0.6 is 0 Å². The molecule has 1 aromatic heterocycles. The minimum Gasteiger partial charge on any atom is -0.489 e. The number of hydrogen-bond acceptors (Lipinski definition) is 5. The summed E-state index contributed by atoms with van der Waals surface area (Å²) in [5.41, 5.74) is -1.01. The molecule has 6 heteroatoms. The molecule has 15 heavy (non-hydrogen) atoms. The van der Waals surface area contributed by atoms with Crippen LogP contribution in [0.3, 0.4) is 0 Å². The third-order valence-electron chi connectivity index (χ3n) is 2.36. The summed E-state index contributed by atoms with van der Waals surface area (Å²) in [5, 5.41) is 9.58. The summed E-state index contributed by atoms with van der Waals surface area (Å²) in [4.78, 5) is 19.6. The zero-order valence-corrected chi connectivity index (χ0v) is 8.65. The van der Waals surface area contributed by atoms with Crippen LogP contribution in [-0.4, -0.2) is 40.9 Å². The van der Waals surface area contributed by atoms with Crippen molar-refractivity contribution >= 4 is 5.82 Å². The summed E-state index contributed by atoms with van der Waals surface area (Å²) in [6, 6.07) is 0. The number of nitrogens with one attached hydrogen (secondary N) is 1. The van der Waals surface area contributed by atoms with Crippen LogP contribution in [0, 0.1) is 0 Å². The molecular weight excluding hydrogens is 198 g/mol. The van der Waals surface area contributed by atoms with Crippen LogP contribution in [0.1, 0.15) is 6.92 Å². The van der Waals surface area contributed by atoms with Crippen molar-refractivity contribution in [2.24, 2.45) is 0 Å². The molecule has 0 unspecified atom stereocenters. The fraction of sp³-hybridized carbons (Fsp3) is 0.556. The quantitative estimate of drug-likeness (QED) is 0.679. The van der Waals surface area contributed by atoms with Crippen LogP contribution in [0.5, 0.6) is 5.75 Å². The lowest BCUT2D eigenvalue weighted by Crippen LogP contribution is -2.60. The monoisotopic (exact) mass is 211 g/mol. The number of hydrogen-bond donors (Lipinski definition) is 2. The summed E-state index contributed by atoms with van der Waals surface area (Å²) in [5.74, 6) is 0.667. The Kier molecular flexibility index (Phi) is 2.15. The molecular formula is C9H13N3O3. The third-order valence-corrected chi connectivity index (χ3v) is 2.36. The molecule has 6 nitrogen and oxygen atoms in total. The van der Waals surface area contributed by atoms with Crippen molar-refractivity contribution in [3.05, 3.63) is 16.7 Å². The zero-order chi connectivity index (χ0) is 11.1. The standard InChI is InChI=1S/C9H13N3O3/c1-9(14)3-12(4-9)7-6(15-2)8(13)11-5-10-7/h5,14H,3-4H2,1-2H3,(H,10,11,13). The van der Waals surface area contributed by atoms with Gasteiger partial charge in [-0.25, -0.2) is 4.98 Å². The van der Waals surface area contributed by atoms with E-state index in [1.54, 1.807) is 11.8 Å². The number of ether oxygens (including phenoxy) is 1. The van der Waals surface area contributed by atoms with Gasteiger partial charge in [0.15, 0.2) is 5.82 Å². The van der Waals surface area contributed by atoms with Gasteiger partial charge in [-0.3, -0.25) is 4.79 Å². The highest BCUT2D eigenvalue weighted by Crippen LogP contribution is 2.29. The van der Waals surface area contributed by atoms with Crippen molar-refractivity contribution in [1.29, 1.82) is 0 Å². The number of rotatable bonds is 2. The number of aromatic amines is 1.